The zero-order valence-corrected chi connectivity index (χ0v) is 4.93. The molecule has 2 fully saturated rings. The molecule has 2 atom stereocenters. The third-order valence-corrected chi connectivity index (χ3v) is 2.46. The maximum absolute atomic E-state index is 9.49. The van der Waals surface area contributed by atoms with E-state index in [0.717, 1.165) is 25.2 Å². The Labute approximate surface area is 49.7 Å². The highest BCUT2D eigenvalue weighted by atomic mass is 16.3. The fourth-order valence-electron chi connectivity index (χ4n) is 1.93. The topological polar surface area (TPSA) is 20.2 Å². The molecule has 2 saturated carbocycles. The molecule has 0 aromatic carbocycles. The first kappa shape index (κ1) is 4.80. The molecule has 0 aromatic rings. The summed E-state index contributed by atoms with van der Waals surface area (Å²) in [4.78, 5) is 0. The highest BCUT2D eigenvalue weighted by molar-refractivity contribution is 5.07. The van der Waals surface area contributed by atoms with Crippen molar-refractivity contribution in [1.82, 2.24) is 0 Å². The van der Waals surface area contributed by atoms with Gasteiger partial charge < -0.3 is 5.11 Å². The molecule has 0 spiro atoms. The molecule has 1 heteroatoms. The predicted octanol–water partition coefficient (Wildman–Crippen LogP) is 1.13. The van der Waals surface area contributed by atoms with E-state index in [1.165, 1.54) is 6.42 Å². The molecule has 0 saturated heterocycles. The monoisotopic (exact) mass is 111 g/mol. The zero-order chi connectivity index (χ0) is 5.61. The summed E-state index contributed by atoms with van der Waals surface area (Å²) < 4.78 is 0. The van der Waals surface area contributed by atoms with Crippen molar-refractivity contribution in [1.29, 1.82) is 0 Å². The second kappa shape index (κ2) is 1.27. The number of aliphatic hydroxyl groups is 1. The third kappa shape index (κ3) is 0.510. The Kier molecular flexibility index (Phi) is 0.762. The average molecular weight is 111 g/mol. The van der Waals surface area contributed by atoms with Crippen LogP contribution in [0.2, 0.25) is 0 Å². The van der Waals surface area contributed by atoms with Crippen molar-refractivity contribution in [3.05, 3.63) is 6.42 Å². The molecule has 2 bridgehead atoms. The van der Waals surface area contributed by atoms with Crippen LogP contribution >= 0.6 is 0 Å². The zero-order valence-electron chi connectivity index (χ0n) is 4.93. The Morgan fingerprint density at radius 2 is 2.50 bits per heavy atom. The van der Waals surface area contributed by atoms with Gasteiger partial charge in [0, 0.05) is 0 Å². The second-order valence-corrected chi connectivity index (χ2v) is 3.15. The van der Waals surface area contributed by atoms with Crippen LogP contribution in [0.4, 0.5) is 0 Å². The summed E-state index contributed by atoms with van der Waals surface area (Å²) in [5.41, 5.74) is -0.315. The molecule has 2 aliphatic carbocycles. The average Bonchev–Trinajstić information content (AvgIpc) is 2.21. The van der Waals surface area contributed by atoms with Gasteiger partial charge in [-0.2, -0.15) is 0 Å². The standard InChI is InChI=1S/C7H11O/c8-7-3-1-6(5-7)2-4-7/h3,6,8H,1-2,4-5H2. The van der Waals surface area contributed by atoms with Gasteiger partial charge in [0.1, 0.15) is 0 Å². The SMILES string of the molecule is OC12[CH]CC(CC1)C2. The number of fused-ring (bicyclic) bond motifs is 2. The van der Waals surface area contributed by atoms with Crippen LogP contribution < -0.4 is 0 Å². The first-order chi connectivity index (χ1) is 3.79. The summed E-state index contributed by atoms with van der Waals surface area (Å²) >= 11 is 0. The fourth-order valence-corrected chi connectivity index (χ4v) is 1.93. The molecule has 0 heterocycles. The van der Waals surface area contributed by atoms with Crippen LogP contribution in [0.3, 0.4) is 0 Å². The minimum atomic E-state index is -0.315. The van der Waals surface area contributed by atoms with E-state index < -0.39 is 0 Å². The highest BCUT2D eigenvalue weighted by Gasteiger charge is 2.43. The van der Waals surface area contributed by atoms with E-state index in [2.05, 4.69) is 6.42 Å². The Hall–Kier alpha value is -0.0400. The van der Waals surface area contributed by atoms with Crippen molar-refractivity contribution in [3.63, 3.8) is 0 Å². The minimum absolute atomic E-state index is 0.315. The van der Waals surface area contributed by atoms with Crippen molar-refractivity contribution in [2.45, 2.75) is 31.3 Å². The van der Waals surface area contributed by atoms with Gasteiger partial charge in [-0.3, -0.25) is 0 Å². The normalized spacial score (nSPS) is 52.9. The van der Waals surface area contributed by atoms with E-state index in [0.29, 0.717) is 0 Å². The molecule has 8 heavy (non-hydrogen) atoms. The molecule has 2 unspecified atom stereocenters. The predicted molar refractivity (Wildman–Crippen MR) is 31.2 cm³/mol. The largest absolute Gasteiger partial charge is 0.390 e. The molecule has 45 valence electrons. The van der Waals surface area contributed by atoms with Crippen LogP contribution in [-0.4, -0.2) is 10.7 Å². The smallest absolute Gasteiger partial charge is 0.0682 e. The van der Waals surface area contributed by atoms with E-state index >= 15 is 0 Å². The third-order valence-electron chi connectivity index (χ3n) is 2.46. The Morgan fingerprint density at radius 1 is 1.62 bits per heavy atom. The summed E-state index contributed by atoms with van der Waals surface area (Å²) in [6.07, 6.45) is 6.58. The van der Waals surface area contributed by atoms with E-state index in [1.54, 1.807) is 0 Å². The lowest BCUT2D eigenvalue weighted by Gasteiger charge is -2.17. The number of rotatable bonds is 0. The van der Waals surface area contributed by atoms with Gasteiger partial charge in [-0.15, -0.1) is 0 Å². The summed E-state index contributed by atoms with van der Waals surface area (Å²) in [7, 11) is 0. The molecule has 0 aromatic heterocycles. The van der Waals surface area contributed by atoms with Crippen LogP contribution in [0.5, 0.6) is 0 Å². The summed E-state index contributed by atoms with van der Waals surface area (Å²) in [6, 6.07) is 0. The first-order valence-electron chi connectivity index (χ1n) is 3.35. The summed E-state index contributed by atoms with van der Waals surface area (Å²) in [6.45, 7) is 0. The lowest BCUT2D eigenvalue weighted by Crippen LogP contribution is -2.21. The molecular weight excluding hydrogens is 100 g/mol. The number of hydrogen-bond acceptors (Lipinski definition) is 1. The summed E-state index contributed by atoms with van der Waals surface area (Å²) in [5, 5.41) is 9.49. The van der Waals surface area contributed by atoms with Gasteiger partial charge in [0.05, 0.1) is 5.60 Å². The molecule has 2 rings (SSSR count). The van der Waals surface area contributed by atoms with Crippen LogP contribution in [0.1, 0.15) is 25.7 Å². The molecule has 2 aliphatic rings. The molecule has 0 amide bonds. The van der Waals surface area contributed by atoms with Crippen LogP contribution in [0.15, 0.2) is 0 Å². The van der Waals surface area contributed by atoms with Crippen molar-refractivity contribution >= 4 is 0 Å². The Morgan fingerprint density at radius 3 is 2.62 bits per heavy atom. The summed E-state index contributed by atoms with van der Waals surface area (Å²) in [5.74, 6) is 0.833. The Balaban J connectivity index is 2.19. The van der Waals surface area contributed by atoms with E-state index in [4.69, 9.17) is 0 Å². The van der Waals surface area contributed by atoms with Crippen LogP contribution in [-0.2, 0) is 0 Å². The van der Waals surface area contributed by atoms with Gasteiger partial charge in [0.25, 0.3) is 0 Å². The molecular formula is C7H11O. The second-order valence-electron chi connectivity index (χ2n) is 3.15. The van der Waals surface area contributed by atoms with Gasteiger partial charge in [-0.25, -0.2) is 0 Å². The van der Waals surface area contributed by atoms with E-state index in [-0.39, 0.29) is 5.60 Å². The molecule has 0 aliphatic heterocycles. The minimum Gasteiger partial charge on any atom is -0.390 e. The van der Waals surface area contributed by atoms with Gasteiger partial charge >= 0.3 is 0 Å². The van der Waals surface area contributed by atoms with Crippen molar-refractivity contribution in [3.8, 4) is 0 Å². The van der Waals surface area contributed by atoms with Crippen molar-refractivity contribution in [2.75, 3.05) is 0 Å². The molecule has 1 N–H and O–H groups in total. The lowest BCUT2D eigenvalue weighted by atomic mass is 9.98. The van der Waals surface area contributed by atoms with Crippen LogP contribution in [0.25, 0.3) is 0 Å². The van der Waals surface area contributed by atoms with Gasteiger partial charge in [0.15, 0.2) is 0 Å². The van der Waals surface area contributed by atoms with Crippen molar-refractivity contribution < 1.29 is 5.11 Å². The van der Waals surface area contributed by atoms with Crippen LogP contribution in [0, 0.1) is 12.3 Å². The lowest BCUT2D eigenvalue weighted by molar-refractivity contribution is 0.0896. The maximum atomic E-state index is 9.49. The van der Waals surface area contributed by atoms with E-state index in [9.17, 15) is 5.11 Å². The Bertz CT molecular complexity index is 101. The van der Waals surface area contributed by atoms with Gasteiger partial charge in [-0.05, 0) is 38.0 Å². The highest BCUT2D eigenvalue weighted by Crippen LogP contribution is 2.46. The van der Waals surface area contributed by atoms with Crippen molar-refractivity contribution in [2.24, 2.45) is 5.92 Å². The molecule has 1 radical (unpaired) electrons. The van der Waals surface area contributed by atoms with Gasteiger partial charge in [0.2, 0.25) is 0 Å². The van der Waals surface area contributed by atoms with E-state index in [1.807, 2.05) is 0 Å². The molecule has 1 nitrogen and oxygen atoms in total. The number of hydrogen-bond donors (Lipinski definition) is 1. The fraction of sp³-hybridized carbons (Fsp3) is 0.857. The first-order valence-corrected chi connectivity index (χ1v) is 3.35. The quantitative estimate of drug-likeness (QED) is 0.496. The maximum Gasteiger partial charge on any atom is 0.0682 e. The van der Waals surface area contributed by atoms with Gasteiger partial charge in [-0.1, -0.05) is 0 Å².